The van der Waals surface area contributed by atoms with Gasteiger partial charge in [-0.15, -0.1) is 25.8 Å². The Balaban J connectivity index is 3.06. The lowest BCUT2D eigenvalue weighted by molar-refractivity contribution is -0.274. The molecule has 0 radical (unpaired) electrons. The largest absolute Gasteiger partial charge is 0.573 e. The Hall–Kier alpha value is -0.560. The van der Waals surface area contributed by atoms with Crippen molar-refractivity contribution >= 4 is 34.2 Å². The second-order valence-electron chi connectivity index (χ2n) is 2.36. The fraction of sp³-hybridized carbons (Fsp3) is 0.143. The molecule has 2 nitrogen and oxygen atoms in total. The Morgan fingerprint density at radius 2 is 1.93 bits per heavy atom. The van der Waals surface area contributed by atoms with E-state index in [0.29, 0.717) is 4.90 Å². The lowest BCUT2D eigenvalue weighted by atomic mass is 10.3. The van der Waals surface area contributed by atoms with Crippen molar-refractivity contribution in [3.8, 4) is 5.75 Å². The molecule has 0 saturated carbocycles. The molecule has 1 aromatic rings. The SMILES string of the molecule is Nc1c(OC(F)(F)F)ccc(S)c1Br. The molecule has 0 aliphatic carbocycles. The van der Waals surface area contributed by atoms with Gasteiger partial charge < -0.3 is 10.5 Å². The van der Waals surface area contributed by atoms with Crippen molar-refractivity contribution in [1.29, 1.82) is 0 Å². The predicted molar refractivity (Wildman–Crippen MR) is 52.5 cm³/mol. The van der Waals surface area contributed by atoms with Crippen LogP contribution >= 0.6 is 28.6 Å². The third-order valence-electron chi connectivity index (χ3n) is 1.35. The monoisotopic (exact) mass is 287 g/mol. The number of anilines is 1. The molecule has 0 heterocycles. The Bertz CT molecular complexity index is 356. The zero-order chi connectivity index (χ0) is 10.9. The number of hydrogen-bond donors (Lipinski definition) is 2. The first kappa shape index (κ1) is 11.5. The maximum atomic E-state index is 11.8. The van der Waals surface area contributed by atoms with E-state index < -0.39 is 12.1 Å². The minimum Gasteiger partial charge on any atom is -0.404 e. The first-order valence-corrected chi connectivity index (χ1v) is 4.58. The van der Waals surface area contributed by atoms with E-state index in [1.165, 1.54) is 6.07 Å². The van der Waals surface area contributed by atoms with Gasteiger partial charge in [-0.05, 0) is 28.1 Å². The summed E-state index contributed by atoms with van der Waals surface area (Å²) in [4.78, 5) is 0.442. The van der Waals surface area contributed by atoms with Crippen LogP contribution in [0.2, 0.25) is 0 Å². The van der Waals surface area contributed by atoms with Crippen molar-refractivity contribution in [2.75, 3.05) is 5.73 Å². The molecule has 1 aromatic carbocycles. The first-order chi connectivity index (χ1) is 6.31. The van der Waals surface area contributed by atoms with Crippen LogP contribution < -0.4 is 10.5 Å². The summed E-state index contributed by atoms with van der Waals surface area (Å²) < 4.78 is 39.5. The molecule has 1 rings (SSSR count). The summed E-state index contributed by atoms with van der Waals surface area (Å²) in [5.74, 6) is -0.442. The number of rotatable bonds is 1. The highest BCUT2D eigenvalue weighted by Crippen LogP contribution is 2.37. The number of halogens is 4. The molecule has 78 valence electrons. The summed E-state index contributed by atoms with van der Waals surface area (Å²) in [6, 6.07) is 2.46. The fourth-order valence-electron chi connectivity index (χ4n) is 0.777. The van der Waals surface area contributed by atoms with Gasteiger partial charge in [0.05, 0.1) is 10.2 Å². The van der Waals surface area contributed by atoms with Crippen LogP contribution in [-0.4, -0.2) is 6.36 Å². The molecule has 0 aromatic heterocycles. The number of hydrogen-bond acceptors (Lipinski definition) is 3. The van der Waals surface area contributed by atoms with E-state index >= 15 is 0 Å². The Morgan fingerprint density at radius 1 is 1.36 bits per heavy atom. The summed E-state index contributed by atoms with van der Waals surface area (Å²) in [5, 5.41) is 0. The lowest BCUT2D eigenvalue weighted by Crippen LogP contribution is -2.18. The minimum atomic E-state index is -4.74. The smallest absolute Gasteiger partial charge is 0.404 e. The second-order valence-corrected chi connectivity index (χ2v) is 3.63. The van der Waals surface area contributed by atoms with Gasteiger partial charge in [0.25, 0.3) is 0 Å². The van der Waals surface area contributed by atoms with Crippen LogP contribution in [0.5, 0.6) is 5.75 Å². The van der Waals surface area contributed by atoms with Crippen molar-refractivity contribution in [3.63, 3.8) is 0 Å². The van der Waals surface area contributed by atoms with Crippen LogP contribution in [-0.2, 0) is 0 Å². The fourth-order valence-corrected chi connectivity index (χ4v) is 1.30. The van der Waals surface area contributed by atoms with E-state index in [9.17, 15) is 13.2 Å². The normalized spacial score (nSPS) is 11.5. The van der Waals surface area contributed by atoms with E-state index in [-0.39, 0.29) is 10.2 Å². The van der Waals surface area contributed by atoms with Crippen LogP contribution in [0.4, 0.5) is 18.9 Å². The number of nitrogens with two attached hydrogens (primary N) is 1. The first-order valence-electron chi connectivity index (χ1n) is 3.34. The summed E-state index contributed by atoms with van der Waals surface area (Å²) in [6.45, 7) is 0. The number of benzene rings is 1. The molecule has 0 aliphatic heterocycles. The van der Waals surface area contributed by atoms with Crippen LogP contribution in [0.1, 0.15) is 0 Å². The van der Waals surface area contributed by atoms with Crippen LogP contribution in [0.15, 0.2) is 21.5 Å². The van der Waals surface area contributed by atoms with E-state index in [1.807, 2.05) is 0 Å². The predicted octanol–water partition coefficient (Wildman–Crippen LogP) is 3.22. The summed E-state index contributed by atoms with van der Waals surface area (Å²) in [6.07, 6.45) is -4.74. The van der Waals surface area contributed by atoms with Crippen molar-refractivity contribution in [3.05, 3.63) is 16.6 Å². The van der Waals surface area contributed by atoms with Gasteiger partial charge in [0, 0.05) is 4.90 Å². The molecule has 0 unspecified atom stereocenters. The van der Waals surface area contributed by atoms with Crippen LogP contribution in [0.25, 0.3) is 0 Å². The van der Waals surface area contributed by atoms with Crippen molar-refractivity contribution in [1.82, 2.24) is 0 Å². The molecule has 0 amide bonds. The number of alkyl halides is 3. The molecule has 0 aliphatic rings. The van der Waals surface area contributed by atoms with Crippen LogP contribution in [0, 0.1) is 0 Å². The van der Waals surface area contributed by atoms with Gasteiger partial charge in [0.2, 0.25) is 0 Å². The Morgan fingerprint density at radius 3 is 2.43 bits per heavy atom. The van der Waals surface area contributed by atoms with E-state index in [0.717, 1.165) is 6.07 Å². The van der Waals surface area contributed by atoms with Gasteiger partial charge in [0.1, 0.15) is 0 Å². The topological polar surface area (TPSA) is 35.2 Å². The van der Waals surface area contributed by atoms with Crippen molar-refractivity contribution in [2.24, 2.45) is 0 Å². The summed E-state index contributed by atoms with van der Waals surface area (Å²) >= 11 is 6.95. The van der Waals surface area contributed by atoms with Gasteiger partial charge in [-0.25, -0.2) is 0 Å². The van der Waals surface area contributed by atoms with Crippen molar-refractivity contribution in [2.45, 2.75) is 11.3 Å². The standard InChI is InChI=1S/C7H5BrF3NOS/c8-5-4(14)2-1-3(6(5)12)13-7(9,10)11/h1-2,14H,12H2. The Kier molecular flexibility index (Phi) is 3.20. The third kappa shape index (κ3) is 2.71. The van der Waals surface area contributed by atoms with Gasteiger partial charge in [-0.2, -0.15) is 0 Å². The average Bonchev–Trinajstić information content (AvgIpc) is 2.04. The zero-order valence-corrected chi connectivity index (χ0v) is 9.08. The maximum absolute atomic E-state index is 11.8. The molecule has 7 heteroatoms. The lowest BCUT2D eigenvalue weighted by Gasteiger charge is -2.12. The van der Waals surface area contributed by atoms with Gasteiger partial charge in [-0.1, -0.05) is 0 Å². The van der Waals surface area contributed by atoms with E-state index in [2.05, 4.69) is 33.3 Å². The molecular weight excluding hydrogens is 283 g/mol. The Labute approximate surface area is 91.8 Å². The third-order valence-corrected chi connectivity index (χ3v) is 2.88. The van der Waals surface area contributed by atoms with Gasteiger partial charge in [0.15, 0.2) is 5.75 Å². The molecule has 14 heavy (non-hydrogen) atoms. The van der Waals surface area contributed by atoms with Gasteiger partial charge >= 0.3 is 6.36 Å². The minimum absolute atomic E-state index is 0.130. The molecule has 0 fully saturated rings. The second kappa shape index (κ2) is 3.90. The van der Waals surface area contributed by atoms with E-state index in [1.54, 1.807) is 0 Å². The molecule has 0 bridgehead atoms. The molecule has 0 spiro atoms. The highest BCUT2D eigenvalue weighted by Gasteiger charge is 2.32. The quantitative estimate of drug-likeness (QED) is 0.614. The number of thiol groups is 1. The summed E-state index contributed by atoms with van der Waals surface area (Å²) in [5.41, 5.74) is 5.24. The van der Waals surface area contributed by atoms with E-state index in [4.69, 9.17) is 5.73 Å². The van der Waals surface area contributed by atoms with Crippen molar-refractivity contribution < 1.29 is 17.9 Å². The van der Waals surface area contributed by atoms with Gasteiger partial charge in [-0.3, -0.25) is 0 Å². The number of nitrogen functional groups attached to an aromatic ring is 1. The highest BCUT2D eigenvalue weighted by molar-refractivity contribution is 9.10. The molecule has 0 atom stereocenters. The average molecular weight is 288 g/mol. The maximum Gasteiger partial charge on any atom is 0.573 e. The number of ether oxygens (including phenoxy) is 1. The van der Waals surface area contributed by atoms with Crippen LogP contribution in [0.3, 0.4) is 0 Å². The zero-order valence-electron chi connectivity index (χ0n) is 6.60. The highest BCUT2D eigenvalue weighted by atomic mass is 79.9. The molecular formula is C7H5BrF3NOS. The summed E-state index contributed by atoms with van der Waals surface area (Å²) in [7, 11) is 0. The molecule has 0 saturated heterocycles. The molecule has 2 N–H and O–H groups in total.